The maximum Gasteiger partial charge on any atom is 0.261 e. The Kier molecular flexibility index (Phi) is 7.30. The third kappa shape index (κ3) is 6.02. The van der Waals surface area contributed by atoms with E-state index in [0.717, 1.165) is 15.7 Å². The SMILES string of the molecule is Cc1ccc(S(=O)(=O)Nc2cc(C(=O)Nc3nnc(SCc4ccccc4)s3)ccc2C)cc1. The molecule has 3 aromatic carbocycles. The van der Waals surface area contributed by atoms with Crippen molar-refractivity contribution >= 4 is 49.8 Å². The lowest BCUT2D eigenvalue weighted by Gasteiger charge is -2.12. The van der Waals surface area contributed by atoms with E-state index in [9.17, 15) is 13.2 Å². The fourth-order valence-electron chi connectivity index (χ4n) is 3.00. The number of rotatable bonds is 8. The summed E-state index contributed by atoms with van der Waals surface area (Å²) in [5, 5.41) is 11.3. The third-order valence-electron chi connectivity index (χ3n) is 4.91. The van der Waals surface area contributed by atoms with E-state index in [-0.39, 0.29) is 4.90 Å². The Morgan fingerprint density at radius 3 is 2.44 bits per heavy atom. The van der Waals surface area contributed by atoms with Crippen molar-refractivity contribution < 1.29 is 13.2 Å². The Morgan fingerprint density at radius 2 is 1.71 bits per heavy atom. The molecule has 0 aliphatic heterocycles. The molecule has 174 valence electrons. The van der Waals surface area contributed by atoms with E-state index in [2.05, 4.69) is 20.2 Å². The van der Waals surface area contributed by atoms with Gasteiger partial charge in [-0.1, -0.05) is 77.2 Å². The minimum absolute atomic E-state index is 0.154. The first kappa shape index (κ1) is 23.9. The van der Waals surface area contributed by atoms with Crippen molar-refractivity contribution in [2.75, 3.05) is 10.0 Å². The molecule has 7 nitrogen and oxygen atoms in total. The second-order valence-electron chi connectivity index (χ2n) is 7.55. The molecular weight excluding hydrogens is 488 g/mol. The van der Waals surface area contributed by atoms with Gasteiger partial charge in [0, 0.05) is 11.3 Å². The summed E-state index contributed by atoms with van der Waals surface area (Å²) in [6.07, 6.45) is 0. The van der Waals surface area contributed by atoms with Crippen LogP contribution >= 0.6 is 23.1 Å². The number of amides is 1. The van der Waals surface area contributed by atoms with E-state index in [1.54, 1.807) is 55.1 Å². The Labute approximate surface area is 206 Å². The fraction of sp³-hybridized carbons (Fsp3) is 0.125. The Morgan fingerprint density at radius 1 is 0.971 bits per heavy atom. The highest BCUT2D eigenvalue weighted by Crippen LogP contribution is 2.29. The molecule has 1 aromatic heterocycles. The predicted molar refractivity (Wildman–Crippen MR) is 137 cm³/mol. The second-order valence-corrected chi connectivity index (χ2v) is 11.4. The van der Waals surface area contributed by atoms with Gasteiger partial charge in [0.1, 0.15) is 0 Å². The van der Waals surface area contributed by atoms with Crippen LogP contribution in [-0.2, 0) is 15.8 Å². The van der Waals surface area contributed by atoms with Crippen molar-refractivity contribution in [1.82, 2.24) is 10.2 Å². The number of hydrogen-bond donors (Lipinski definition) is 2. The molecule has 0 bridgehead atoms. The van der Waals surface area contributed by atoms with Crippen LogP contribution in [0, 0.1) is 13.8 Å². The van der Waals surface area contributed by atoms with Crippen molar-refractivity contribution in [3.05, 3.63) is 95.1 Å². The van der Waals surface area contributed by atoms with Gasteiger partial charge in [-0.25, -0.2) is 8.42 Å². The number of nitrogens with zero attached hydrogens (tertiary/aromatic N) is 2. The van der Waals surface area contributed by atoms with Crippen LogP contribution in [0.4, 0.5) is 10.8 Å². The molecule has 0 fully saturated rings. The molecule has 2 N–H and O–H groups in total. The van der Waals surface area contributed by atoms with Crippen LogP contribution in [0.1, 0.15) is 27.0 Å². The number of benzene rings is 3. The van der Waals surface area contributed by atoms with Gasteiger partial charge in [-0.2, -0.15) is 0 Å². The normalized spacial score (nSPS) is 11.2. The first-order valence-corrected chi connectivity index (χ1v) is 13.6. The van der Waals surface area contributed by atoms with Crippen molar-refractivity contribution in [2.24, 2.45) is 0 Å². The van der Waals surface area contributed by atoms with E-state index in [1.807, 2.05) is 37.3 Å². The third-order valence-corrected chi connectivity index (χ3v) is 8.33. The lowest BCUT2D eigenvalue weighted by Crippen LogP contribution is -2.16. The standard InChI is InChI=1S/C24H22N4O3S3/c1-16-8-12-20(13-9-16)34(30,31)28-21-14-19(11-10-17(21)2)22(29)25-23-26-27-24(33-23)32-15-18-6-4-3-5-7-18/h3-14,28H,15H2,1-2H3,(H,25,26,29). The first-order valence-electron chi connectivity index (χ1n) is 10.3. The molecule has 0 atom stereocenters. The zero-order chi connectivity index (χ0) is 24.1. The van der Waals surface area contributed by atoms with Crippen molar-refractivity contribution in [3.8, 4) is 0 Å². The number of anilines is 2. The zero-order valence-corrected chi connectivity index (χ0v) is 20.9. The number of thioether (sulfide) groups is 1. The smallest absolute Gasteiger partial charge is 0.261 e. The predicted octanol–water partition coefficient (Wildman–Crippen LogP) is 5.50. The molecule has 1 heterocycles. The van der Waals surface area contributed by atoms with E-state index >= 15 is 0 Å². The molecule has 0 aliphatic carbocycles. The molecule has 1 amide bonds. The number of aromatic nitrogens is 2. The quantitative estimate of drug-likeness (QED) is 0.240. The maximum atomic E-state index is 12.8. The van der Waals surface area contributed by atoms with Crippen LogP contribution in [0.25, 0.3) is 0 Å². The summed E-state index contributed by atoms with van der Waals surface area (Å²) in [6.45, 7) is 3.66. The molecule has 10 heteroatoms. The van der Waals surface area contributed by atoms with Gasteiger partial charge in [-0.05, 0) is 49.2 Å². The lowest BCUT2D eigenvalue weighted by atomic mass is 10.1. The van der Waals surface area contributed by atoms with E-state index in [4.69, 9.17) is 0 Å². The fourth-order valence-corrected chi connectivity index (χ4v) is 5.83. The minimum Gasteiger partial charge on any atom is -0.296 e. The van der Waals surface area contributed by atoms with E-state index in [1.165, 1.54) is 23.0 Å². The van der Waals surface area contributed by atoms with Crippen molar-refractivity contribution in [1.29, 1.82) is 0 Å². The molecule has 0 aliphatic rings. The summed E-state index contributed by atoms with van der Waals surface area (Å²) in [5.74, 6) is 0.359. The zero-order valence-electron chi connectivity index (χ0n) is 18.5. The Bertz CT molecular complexity index is 1400. The van der Waals surface area contributed by atoms with Gasteiger partial charge in [0.05, 0.1) is 10.6 Å². The lowest BCUT2D eigenvalue weighted by molar-refractivity contribution is 0.102. The summed E-state index contributed by atoms with van der Waals surface area (Å²) in [7, 11) is -3.78. The van der Waals surface area contributed by atoms with E-state index in [0.29, 0.717) is 21.9 Å². The van der Waals surface area contributed by atoms with Crippen LogP contribution < -0.4 is 10.0 Å². The number of nitrogens with one attached hydrogen (secondary N) is 2. The van der Waals surface area contributed by atoms with Crippen LogP contribution in [0.3, 0.4) is 0 Å². The molecule has 0 spiro atoms. The Balaban J connectivity index is 1.43. The van der Waals surface area contributed by atoms with Gasteiger partial charge in [0.25, 0.3) is 15.9 Å². The molecule has 0 radical (unpaired) electrons. The topological polar surface area (TPSA) is 101 Å². The number of carbonyl (C=O) groups is 1. The molecular formula is C24H22N4O3S3. The van der Waals surface area contributed by atoms with Crippen LogP contribution in [-0.4, -0.2) is 24.5 Å². The molecule has 34 heavy (non-hydrogen) atoms. The number of aryl methyl sites for hydroxylation is 2. The van der Waals surface area contributed by atoms with Gasteiger partial charge in [0.2, 0.25) is 5.13 Å². The molecule has 4 aromatic rings. The Hall–Kier alpha value is -3.21. The monoisotopic (exact) mass is 510 g/mol. The molecule has 4 rings (SSSR count). The largest absolute Gasteiger partial charge is 0.296 e. The minimum atomic E-state index is -3.78. The number of hydrogen-bond acceptors (Lipinski definition) is 7. The molecule has 0 saturated heterocycles. The highest BCUT2D eigenvalue weighted by molar-refractivity contribution is 8.00. The number of carbonyl (C=O) groups excluding carboxylic acids is 1. The average Bonchev–Trinajstić information content (AvgIpc) is 3.27. The summed E-state index contributed by atoms with van der Waals surface area (Å²) in [6, 6.07) is 21.4. The highest BCUT2D eigenvalue weighted by Gasteiger charge is 2.17. The van der Waals surface area contributed by atoms with Gasteiger partial charge in [0.15, 0.2) is 4.34 Å². The van der Waals surface area contributed by atoms with Crippen molar-refractivity contribution in [3.63, 3.8) is 0 Å². The van der Waals surface area contributed by atoms with Gasteiger partial charge in [-0.3, -0.25) is 14.8 Å². The summed E-state index contributed by atoms with van der Waals surface area (Å²) >= 11 is 2.83. The van der Waals surface area contributed by atoms with Gasteiger partial charge >= 0.3 is 0 Å². The van der Waals surface area contributed by atoms with Crippen molar-refractivity contribution in [2.45, 2.75) is 28.8 Å². The number of sulfonamides is 1. The van der Waals surface area contributed by atoms with Crippen LogP contribution in [0.15, 0.2) is 82.0 Å². The van der Waals surface area contributed by atoms with E-state index < -0.39 is 15.9 Å². The second kappa shape index (κ2) is 10.4. The highest BCUT2D eigenvalue weighted by atomic mass is 32.2. The van der Waals surface area contributed by atoms with Gasteiger partial charge < -0.3 is 0 Å². The van der Waals surface area contributed by atoms with Crippen LogP contribution in [0.2, 0.25) is 0 Å². The van der Waals surface area contributed by atoms with Crippen LogP contribution in [0.5, 0.6) is 0 Å². The summed E-state index contributed by atoms with van der Waals surface area (Å²) in [4.78, 5) is 12.9. The first-order chi connectivity index (χ1) is 16.3. The molecule has 0 saturated carbocycles. The summed E-state index contributed by atoms with van der Waals surface area (Å²) < 4.78 is 28.9. The maximum absolute atomic E-state index is 12.8. The van der Waals surface area contributed by atoms with Gasteiger partial charge in [-0.15, -0.1) is 10.2 Å². The average molecular weight is 511 g/mol. The summed E-state index contributed by atoms with van der Waals surface area (Å²) in [5.41, 5.74) is 3.48. The molecule has 0 unspecified atom stereocenters.